The predicted octanol–water partition coefficient (Wildman–Crippen LogP) is 1.50. The Bertz CT molecular complexity index is 639. The van der Waals surface area contributed by atoms with Gasteiger partial charge < -0.3 is 10.9 Å². The van der Waals surface area contributed by atoms with Crippen molar-refractivity contribution >= 4 is 28.9 Å². The topological polar surface area (TPSA) is 110 Å². The molecule has 9 heteroatoms. The summed E-state index contributed by atoms with van der Waals surface area (Å²) in [5.74, 6) is 0.0132. The summed E-state index contributed by atoms with van der Waals surface area (Å²) in [5, 5.41) is 29.4. The largest absolute Gasteiger partial charge is 0.409 e. The standard InChI is InChI=1S/C10H12N6OS2/c1-4-5(2)12-14-9(7(4)8(11)16-17)19-10-15-13-6(3)18-10/h17H,1-3H3,(H2,11,16). The summed E-state index contributed by atoms with van der Waals surface area (Å²) in [7, 11) is 0. The van der Waals surface area contributed by atoms with Crippen molar-refractivity contribution in [3.05, 3.63) is 21.8 Å². The van der Waals surface area contributed by atoms with Gasteiger partial charge in [-0.1, -0.05) is 16.5 Å². The van der Waals surface area contributed by atoms with E-state index in [0.717, 1.165) is 20.6 Å². The van der Waals surface area contributed by atoms with Gasteiger partial charge in [0.15, 0.2) is 10.2 Å². The molecule has 0 amide bonds. The van der Waals surface area contributed by atoms with Crippen molar-refractivity contribution in [3.63, 3.8) is 0 Å². The summed E-state index contributed by atoms with van der Waals surface area (Å²) in [4.78, 5) is 0. The minimum atomic E-state index is 0.0132. The molecule has 7 nitrogen and oxygen atoms in total. The van der Waals surface area contributed by atoms with Crippen molar-refractivity contribution in [2.45, 2.75) is 30.1 Å². The van der Waals surface area contributed by atoms with Gasteiger partial charge in [-0.25, -0.2) is 0 Å². The van der Waals surface area contributed by atoms with Crippen LogP contribution in [0.4, 0.5) is 0 Å². The third kappa shape index (κ3) is 2.82. The fraction of sp³-hybridized carbons (Fsp3) is 0.300. The van der Waals surface area contributed by atoms with Crippen molar-refractivity contribution in [2.75, 3.05) is 0 Å². The van der Waals surface area contributed by atoms with Crippen molar-refractivity contribution < 1.29 is 5.21 Å². The summed E-state index contributed by atoms with van der Waals surface area (Å²) in [6.07, 6.45) is 0. The van der Waals surface area contributed by atoms with E-state index in [1.54, 1.807) is 0 Å². The molecule has 0 aliphatic heterocycles. The molecule has 0 aliphatic carbocycles. The Balaban J connectivity index is 2.48. The van der Waals surface area contributed by atoms with Gasteiger partial charge in [-0.3, -0.25) is 0 Å². The Morgan fingerprint density at radius 3 is 2.53 bits per heavy atom. The van der Waals surface area contributed by atoms with Crippen LogP contribution in [-0.4, -0.2) is 31.4 Å². The molecule has 0 saturated carbocycles. The molecule has 2 heterocycles. The van der Waals surface area contributed by atoms with Crippen LogP contribution >= 0.6 is 23.1 Å². The molecule has 0 aromatic carbocycles. The van der Waals surface area contributed by atoms with E-state index in [0.29, 0.717) is 10.6 Å². The lowest BCUT2D eigenvalue weighted by molar-refractivity contribution is 0.318. The number of hydrogen-bond acceptors (Lipinski definition) is 8. The normalized spacial score (nSPS) is 11.8. The molecule has 0 fully saturated rings. The van der Waals surface area contributed by atoms with Crippen LogP contribution < -0.4 is 5.73 Å². The van der Waals surface area contributed by atoms with E-state index in [-0.39, 0.29) is 5.84 Å². The highest BCUT2D eigenvalue weighted by atomic mass is 32.2. The second-order valence-electron chi connectivity index (χ2n) is 3.76. The average Bonchev–Trinajstić information content (AvgIpc) is 2.79. The van der Waals surface area contributed by atoms with Crippen LogP contribution in [0.15, 0.2) is 14.5 Å². The fourth-order valence-electron chi connectivity index (χ4n) is 1.41. The number of rotatable bonds is 3. The molecule has 0 atom stereocenters. The van der Waals surface area contributed by atoms with Gasteiger partial charge in [-0.2, -0.15) is 5.10 Å². The molecule has 19 heavy (non-hydrogen) atoms. The van der Waals surface area contributed by atoms with Crippen molar-refractivity contribution in [1.82, 2.24) is 20.4 Å². The Kier molecular flexibility index (Phi) is 3.96. The Hall–Kier alpha value is -1.74. The molecular formula is C10H12N6OS2. The number of aryl methyl sites for hydroxylation is 2. The first-order valence-electron chi connectivity index (χ1n) is 5.32. The number of hydrogen-bond donors (Lipinski definition) is 2. The van der Waals surface area contributed by atoms with Gasteiger partial charge >= 0.3 is 0 Å². The molecular weight excluding hydrogens is 284 g/mol. The maximum atomic E-state index is 8.88. The fourth-order valence-corrected chi connectivity index (χ4v) is 3.28. The van der Waals surface area contributed by atoms with Crippen LogP contribution in [0.3, 0.4) is 0 Å². The highest BCUT2D eigenvalue weighted by Gasteiger charge is 2.17. The maximum Gasteiger partial charge on any atom is 0.180 e. The zero-order valence-corrected chi connectivity index (χ0v) is 12.2. The van der Waals surface area contributed by atoms with E-state index in [9.17, 15) is 0 Å². The molecule has 0 spiro atoms. The third-order valence-corrected chi connectivity index (χ3v) is 4.35. The van der Waals surface area contributed by atoms with E-state index < -0.39 is 0 Å². The lowest BCUT2D eigenvalue weighted by Crippen LogP contribution is -2.18. The number of oxime groups is 1. The van der Waals surface area contributed by atoms with Crippen LogP contribution in [0, 0.1) is 20.8 Å². The Morgan fingerprint density at radius 1 is 1.21 bits per heavy atom. The smallest absolute Gasteiger partial charge is 0.180 e. The number of amidine groups is 1. The van der Waals surface area contributed by atoms with Gasteiger partial charge in [0.2, 0.25) is 0 Å². The molecule has 0 bridgehead atoms. The van der Waals surface area contributed by atoms with Crippen LogP contribution in [0.25, 0.3) is 0 Å². The van der Waals surface area contributed by atoms with E-state index in [1.807, 2.05) is 20.8 Å². The molecule has 100 valence electrons. The number of aromatic nitrogens is 4. The molecule has 0 saturated heterocycles. The average molecular weight is 296 g/mol. The summed E-state index contributed by atoms with van der Waals surface area (Å²) < 4.78 is 0.738. The van der Waals surface area contributed by atoms with Gasteiger partial charge in [0.25, 0.3) is 0 Å². The molecule has 0 aliphatic rings. The monoisotopic (exact) mass is 296 g/mol. The van der Waals surface area contributed by atoms with Crippen LogP contribution in [0.2, 0.25) is 0 Å². The van der Waals surface area contributed by atoms with E-state index >= 15 is 0 Å². The first-order chi connectivity index (χ1) is 9.02. The van der Waals surface area contributed by atoms with E-state index in [2.05, 4.69) is 25.6 Å². The first-order valence-corrected chi connectivity index (χ1v) is 6.96. The Labute approximate surface area is 118 Å². The second kappa shape index (κ2) is 5.49. The van der Waals surface area contributed by atoms with E-state index in [4.69, 9.17) is 10.9 Å². The molecule has 2 aromatic rings. The molecule has 2 rings (SSSR count). The van der Waals surface area contributed by atoms with E-state index in [1.165, 1.54) is 23.1 Å². The predicted molar refractivity (Wildman–Crippen MR) is 72.8 cm³/mol. The minimum absolute atomic E-state index is 0.0132. The zero-order valence-electron chi connectivity index (χ0n) is 10.6. The zero-order chi connectivity index (χ0) is 14.0. The summed E-state index contributed by atoms with van der Waals surface area (Å²) in [6, 6.07) is 0. The SMILES string of the molecule is Cc1nnc(Sc2nnc(C)c(C)c2/C(N)=N/O)s1. The summed E-state index contributed by atoms with van der Waals surface area (Å²) in [5.41, 5.74) is 7.85. The quantitative estimate of drug-likeness (QED) is 0.382. The highest BCUT2D eigenvalue weighted by molar-refractivity contribution is 8.01. The molecule has 0 unspecified atom stereocenters. The van der Waals surface area contributed by atoms with Gasteiger partial charge in [0.05, 0.1) is 11.3 Å². The third-order valence-electron chi connectivity index (χ3n) is 2.48. The summed E-state index contributed by atoms with van der Waals surface area (Å²) >= 11 is 2.75. The lowest BCUT2D eigenvalue weighted by atomic mass is 10.1. The van der Waals surface area contributed by atoms with Gasteiger partial charge in [0, 0.05) is 0 Å². The molecule has 2 aromatic heterocycles. The number of nitrogens with zero attached hydrogens (tertiary/aromatic N) is 5. The molecule has 3 N–H and O–H groups in total. The van der Waals surface area contributed by atoms with Gasteiger partial charge in [-0.05, 0) is 38.1 Å². The van der Waals surface area contributed by atoms with Crippen LogP contribution in [0.1, 0.15) is 21.8 Å². The lowest BCUT2D eigenvalue weighted by Gasteiger charge is -2.09. The number of nitrogens with two attached hydrogens (primary N) is 1. The second-order valence-corrected chi connectivity index (χ2v) is 6.18. The van der Waals surface area contributed by atoms with Gasteiger partial charge in [-0.15, -0.1) is 15.3 Å². The van der Waals surface area contributed by atoms with Crippen molar-refractivity contribution in [3.8, 4) is 0 Å². The first kappa shape index (κ1) is 13.7. The minimum Gasteiger partial charge on any atom is -0.409 e. The van der Waals surface area contributed by atoms with Gasteiger partial charge in [0.1, 0.15) is 10.0 Å². The maximum absolute atomic E-state index is 8.88. The summed E-state index contributed by atoms with van der Waals surface area (Å²) in [6.45, 7) is 5.55. The van der Waals surface area contributed by atoms with Crippen LogP contribution in [0.5, 0.6) is 0 Å². The van der Waals surface area contributed by atoms with Crippen molar-refractivity contribution in [1.29, 1.82) is 0 Å². The highest BCUT2D eigenvalue weighted by Crippen LogP contribution is 2.32. The van der Waals surface area contributed by atoms with Crippen LogP contribution in [-0.2, 0) is 0 Å². The Morgan fingerprint density at radius 2 is 1.95 bits per heavy atom. The van der Waals surface area contributed by atoms with Crippen molar-refractivity contribution in [2.24, 2.45) is 10.9 Å². The molecule has 0 radical (unpaired) electrons.